The van der Waals surface area contributed by atoms with Crippen LogP contribution in [0.15, 0.2) is 62.4 Å². The van der Waals surface area contributed by atoms with Crippen molar-refractivity contribution in [2.45, 2.75) is 53.6 Å². The van der Waals surface area contributed by atoms with Crippen LogP contribution in [0.3, 0.4) is 0 Å². The minimum absolute atomic E-state index is 0.0706. The molecule has 7 heteroatoms. The molecule has 7 nitrogen and oxygen atoms in total. The fourth-order valence-corrected chi connectivity index (χ4v) is 5.04. The summed E-state index contributed by atoms with van der Waals surface area (Å²) in [6.45, 7) is 11.2. The largest absolute Gasteiger partial charge is 0.490 e. The molecule has 0 spiro atoms. The first kappa shape index (κ1) is 25.6. The van der Waals surface area contributed by atoms with Crippen molar-refractivity contribution in [3.05, 3.63) is 92.7 Å². The highest BCUT2D eigenvalue weighted by atomic mass is 16.5. The van der Waals surface area contributed by atoms with E-state index in [0.717, 1.165) is 23.1 Å². The van der Waals surface area contributed by atoms with Gasteiger partial charge in [-0.1, -0.05) is 26.0 Å². The van der Waals surface area contributed by atoms with Crippen molar-refractivity contribution in [3.63, 3.8) is 0 Å². The summed E-state index contributed by atoms with van der Waals surface area (Å²) in [7, 11) is 0. The van der Waals surface area contributed by atoms with Crippen molar-refractivity contribution in [2.24, 2.45) is 5.92 Å². The van der Waals surface area contributed by atoms with E-state index in [4.69, 9.17) is 18.3 Å². The van der Waals surface area contributed by atoms with Crippen LogP contribution < -0.4 is 14.9 Å². The van der Waals surface area contributed by atoms with E-state index >= 15 is 0 Å². The lowest BCUT2D eigenvalue weighted by molar-refractivity contribution is 0.0701. The van der Waals surface area contributed by atoms with Crippen molar-refractivity contribution in [2.75, 3.05) is 13.2 Å². The zero-order valence-electron chi connectivity index (χ0n) is 22.5. The van der Waals surface area contributed by atoms with Crippen LogP contribution >= 0.6 is 0 Å². The zero-order chi connectivity index (χ0) is 27.0. The van der Waals surface area contributed by atoms with Gasteiger partial charge in [0.1, 0.15) is 11.3 Å². The lowest BCUT2D eigenvalue weighted by atomic mass is 9.97. The third-order valence-electron chi connectivity index (χ3n) is 6.84. The molecule has 4 aromatic rings. The maximum Gasteiger partial charge on any atom is 0.291 e. The molecule has 0 aliphatic carbocycles. The van der Waals surface area contributed by atoms with Crippen molar-refractivity contribution in [1.82, 2.24) is 4.90 Å². The Hall–Kier alpha value is -4.00. The van der Waals surface area contributed by atoms with Crippen LogP contribution in [0.1, 0.15) is 71.8 Å². The molecule has 5 rings (SSSR count). The molecule has 1 unspecified atom stereocenters. The molecule has 1 atom stereocenters. The number of aryl methyl sites for hydroxylation is 2. The summed E-state index contributed by atoms with van der Waals surface area (Å²) in [5, 5.41) is 0.470. The first-order valence-corrected chi connectivity index (χ1v) is 13.1. The number of ether oxygens (including phenoxy) is 2. The minimum atomic E-state index is -0.673. The smallest absolute Gasteiger partial charge is 0.291 e. The molecule has 2 aromatic carbocycles. The molecular weight excluding hydrogens is 482 g/mol. The normalized spacial score (nSPS) is 14.9. The fraction of sp³-hybridized carbons (Fsp3) is 0.355. The van der Waals surface area contributed by atoms with Gasteiger partial charge < -0.3 is 23.2 Å². The third-order valence-corrected chi connectivity index (χ3v) is 6.84. The van der Waals surface area contributed by atoms with E-state index in [2.05, 4.69) is 13.8 Å². The SMILES string of the molecule is CCOc1cc(C2c3c(oc4c(C)cc(C)cc4c3=O)C(=O)N2Cc2ccco2)ccc1OCCC(C)C. The van der Waals surface area contributed by atoms with Crippen LogP contribution in [0.25, 0.3) is 11.0 Å². The molecule has 0 saturated heterocycles. The average Bonchev–Trinajstić information content (AvgIpc) is 3.48. The highest BCUT2D eigenvalue weighted by Crippen LogP contribution is 2.42. The summed E-state index contributed by atoms with van der Waals surface area (Å²) in [6, 6.07) is 12.3. The monoisotopic (exact) mass is 515 g/mol. The summed E-state index contributed by atoms with van der Waals surface area (Å²) < 4.78 is 23.7. The van der Waals surface area contributed by atoms with Crippen LogP contribution in [0.2, 0.25) is 0 Å². The Bertz CT molecular complexity index is 1530. The minimum Gasteiger partial charge on any atom is -0.490 e. The predicted molar refractivity (Wildman–Crippen MR) is 145 cm³/mol. The number of carbonyl (C=O) groups is 1. The number of nitrogens with zero attached hydrogens (tertiary/aromatic N) is 1. The number of fused-ring (bicyclic) bond motifs is 2. The van der Waals surface area contributed by atoms with Gasteiger partial charge in [0.25, 0.3) is 5.91 Å². The Morgan fingerprint density at radius 3 is 2.55 bits per heavy atom. The molecule has 1 aliphatic rings. The standard InChI is InChI=1S/C31H33NO6/c1-6-35-25-16-21(9-10-24(25)37-13-11-18(2)3)27-26-28(33)23-15-19(4)14-20(5)29(23)38-30(26)31(34)32(27)17-22-8-7-12-36-22/h7-10,12,14-16,18,27H,6,11,13,17H2,1-5H3. The van der Waals surface area contributed by atoms with Gasteiger partial charge in [0.15, 0.2) is 16.9 Å². The van der Waals surface area contributed by atoms with Crippen LogP contribution in [0.5, 0.6) is 11.5 Å². The molecule has 3 heterocycles. The number of hydrogen-bond acceptors (Lipinski definition) is 6. The number of furan rings is 1. The lowest BCUT2D eigenvalue weighted by Gasteiger charge is -2.25. The topological polar surface area (TPSA) is 82.1 Å². The molecule has 198 valence electrons. The van der Waals surface area contributed by atoms with Gasteiger partial charge >= 0.3 is 0 Å². The molecule has 1 aliphatic heterocycles. The summed E-state index contributed by atoms with van der Waals surface area (Å²) in [6.07, 6.45) is 2.49. The van der Waals surface area contributed by atoms with E-state index < -0.39 is 6.04 Å². The summed E-state index contributed by atoms with van der Waals surface area (Å²) in [5.74, 6) is 2.05. The highest BCUT2D eigenvalue weighted by molar-refractivity contribution is 5.99. The van der Waals surface area contributed by atoms with E-state index in [1.165, 1.54) is 0 Å². The molecule has 2 aromatic heterocycles. The van der Waals surface area contributed by atoms with Gasteiger partial charge in [-0.3, -0.25) is 9.59 Å². The molecule has 0 bridgehead atoms. The highest BCUT2D eigenvalue weighted by Gasteiger charge is 2.43. The number of rotatable bonds is 9. The molecular formula is C31H33NO6. The second-order valence-electron chi connectivity index (χ2n) is 10.2. The number of hydrogen-bond donors (Lipinski definition) is 0. The molecule has 0 saturated carbocycles. The van der Waals surface area contributed by atoms with Gasteiger partial charge in [-0.15, -0.1) is 0 Å². The molecule has 0 fully saturated rings. The Morgan fingerprint density at radius 2 is 1.84 bits per heavy atom. The molecule has 38 heavy (non-hydrogen) atoms. The number of benzene rings is 2. The van der Waals surface area contributed by atoms with Crippen LogP contribution in [-0.2, 0) is 6.54 Å². The number of carbonyl (C=O) groups excluding carboxylic acids is 1. The van der Waals surface area contributed by atoms with E-state index in [-0.39, 0.29) is 23.6 Å². The Balaban J connectivity index is 1.66. The molecule has 0 N–H and O–H groups in total. The molecule has 1 amide bonds. The summed E-state index contributed by atoms with van der Waals surface area (Å²) >= 11 is 0. The maximum absolute atomic E-state index is 14.0. The van der Waals surface area contributed by atoms with E-state index in [1.54, 1.807) is 17.2 Å². The summed E-state index contributed by atoms with van der Waals surface area (Å²) in [5.41, 5.74) is 3.07. The lowest BCUT2D eigenvalue weighted by Crippen LogP contribution is -2.29. The van der Waals surface area contributed by atoms with E-state index in [0.29, 0.717) is 52.9 Å². The van der Waals surface area contributed by atoms with Crippen LogP contribution in [0.4, 0.5) is 0 Å². The predicted octanol–water partition coefficient (Wildman–Crippen LogP) is 6.57. The second-order valence-corrected chi connectivity index (χ2v) is 10.2. The van der Waals surface area contributed by atoms with Crippen molar-refractivity contribution < 1.29 is 23.1 Å². The first-order valence-electron chi connectivity index (χ1n) is 13.1. The van der Waals surface area contributed by atoms with Gasteiger partial charge in [0.05, 0.1) is 43.0 Å². The van der Waals surface area contributed by atoms with E-state index in [1.807, 2.05) is 57.2 Å². The Labute approximate surface area is 222 Å². The fourth-order valence-electron chi connectivity index (χ4n) is 5.04. The van der Waals surface area contributed by atoms with Gasteiger partial charge in [-0.2, -0.15) is 0 Å². The maximum atomic E-state index is 14.0. The van der Waals surface area contributed by atoms with Crippen LogP contribution in [0, 0.1) is 19.8 Å². The van der Waals surface area contributed by atoms with E-state index in [9.17, 15) is 9.59 Å². The average molecular weight is 516 g/mol. The summed E-state index contributed by atoms with van der Waals surface area (Å²) in [4.78, 5) is 29.4. The van der Waals surface area contributed by atoms with Crippen molar-refractivity contribution >= 4 is 16.9 Å². The number of amides is 1. The molecule has 0 radical (unpaired) electrons. The first-order chi connectivity index (χ1) is 18.3. The zero-order valence-corrected chi connectivity index (χ0v) is 22.5. The third kappa shape index (κ3) is 4.69. The van der Waals surface area contributed by atoms with Crippen molar-refractivity contribution in [3.8, 4) is 11.5 Å². The van der Waals surface area contributed by atoms with Gasteiger partial charge in [-0.05, 0) is 80.1 Å². The Morgan fingerprint density at radius 1 is 1.03 bits per heavy atom. The quantitative estimate of drug-likeness (QED) is 0.251. The Kier molecular flexibility index (Phi) is 7.02. The van der Waals surface area contributed by atoms with Crippen molar-refractivity contribution in [1.29, 1.82) is 0 Å². The van der Waals surface area contributed by atoms with Gasteiger partial charge in [0.2, 0.25) is 5.76 Å². The van der Waals surface area contributed by atoms with Gasteiger partial charge in [0, 0.05) is 0 Å². The second kappa shape index (κ2) is 10.4. The van der Waals surface area contributed by atoms with Gasteiger partial charge in [-0.25, -0.2) is 0 Å². The van der Waals surface area contributed by atoms with Crippen LogP contribution in [-0.4, -0.2) is 24.0 Å².